The number of hydrogen-bond acceptors (Lipinski definition) is 7. The average molecular weight is 435 g/mol. The lowest BCUT2D eigenvalue weighted by molar-refractivity contribution is -0.137. The lowest BCUT2D eigenvalue weighted by Crippen LogP contribution is -2.42. The smallest absolute Gasteiger partial charge is 0.239 e. The van der Waals surface area contributed by atoms with Gasteiger partial charge in [0.2, 0.25) is 17.7 Å². The van der Waals surface area contributed by atoms with Crippen molar-refractivity contribution < 1.29 is 23.6 Å². The number of hydrogen-bond donors (Lipinski definition) is 2. The van der Waals surface area contributed by atoms with E-state index < -0.39 is 0 Å². The Morgan fingerprint density at radius 1 is 1.30 bits per heavy atom. The lowest BCUT2D eigenvalue weighted by Gasteiger charge is -2.22. The zero-order valence-electron chi connectivity index (χ0n) is 16.9. The van der Waals surface area contributed by atoms with E-state index in [4.69, 9.17) is 9.26 Å². The molecule has 1 atom stereocenters. The molecule has 9 nitrogen and oxygen atoms in total. The fourth-order valence-corrected chi connectivity index (χ4v) is 3.81. The molecule has 2 N–H and O–H groups in total. The highest BCUT2D eigenvalue weighted by molar-refractivity contribution is 7.09. The van der Waals surface area contributed by atoms with Gasteiger partial charge in [-0.25, -0.2) is 0 Å². The van der Waals surface area contributed by atoms with E-state index in [1.165, 1.54) is 16.2 Å². The molecule has 2 aromatic rings. The summed E-state index contributed by atoms with van der Waals surface area (Å²) in [5.41, 5.74) is 0. The van der Waals surface area contributed by atoms with E-state index >= 15 is 0 Å². The van der Waals surface area contributed by atoms with Crippen LogP contribution in [0.3, 0.4) is 0 Å². The van der Waals surface area contributed by atoms with Crippen LogP contribution in [0.4, 0.5) is 5.82 Å². The maximum Gasteiger partial charge on any atom is 0.239 e. The summed E-state index contributed by atoms with van der Waals surface area (Å²) in [6.45, 7) is 3.15. The molecule has 3 amide bonds. The van der Waals surface area contributed by atoms with Crippen LogP contribution < -0.4 is 10.6 Å². The maximum absolute atomic E-state index is 12.7. The summed E-state index contributed by atoms with van der Waals surface area (Å²) in [5.74, 6) is 0.0575. The number of nitrogens with one attached hydrogen (secondary N) is 2. The minimum atomic E-state index is -0.337. The van der Waals surface area contributed by atoms with Gasteiger partial charge >= 0.3 is 0 Å². The molecule has 3 rings (SSSR count). The molecule has 0 radical (unpaired) electrons. The zero-order valence-corrected chi connectivity index (χ0v) is 17.7. The van der Waals surface area contributed by atoms with Gasteiger partial charge in [-0.3, -0.25) is 14.4 Å². The number of ether oxygens (including phenoxy) is 1. The lowest BCUT2D eigenvalue weighted by atomic mass is 10.2. The van der Waals surface area contributed by atoms with E-state index in [9.17, 15) is 14.4 Å². The molecule has 1 aliphatic rings. The van der Waals surface area contributed by atoms with Crippen LogP contribution in [0.5, 0.6) is 0 Å². The van der Waals surface area contributed by atoms with Gasteiger partial charge in [0, 0.05) is 36.9 Å². The molecule has 0 unspecified atom stereocenters. The Morgan fingerprint density at radius 2 is 2.17 bits per heavy atom. The van der Waals surface area contributed by atoms with E-state index in [0.29, 0.717) is 24.7 Å². The third-order valence-corrected chi connectivity index (χ3v) is 5.49. The highest BCUT2D eigenvalue weighted by atomic mass is 32.1. The van der Waals surface area contributed by atoms with Crippen molar-refractivity contribution in [2.45, 2.75) is 45.3 Å². The molecular weight excluding hydrogens is 408 g/mol. The predicted octanol–water partition coefficient (Wildman–Crippen LogP) is 2.09. The summed E-state index contributed by atoms with van der Waals surface area (Å²) < 4.78 is 10.4. The number of carbonyl (C=O) groups excluding carboxylic acids is 3. The molecule has 0 aromatic carbocycles. The molecule has 2 aromatic heterocycles. The number of nitrogens with zero attached hydrogens (tertiary/aromatic N) is 2. The highest BCUT2D eigenvalue weighted by Crippen LogP contribution is 2.14. The molecule has 0 spiro atoms. The van der Waals surface area contributed by atoms with Crippen molar-refractivity contribution in [1.82, 2.24) is 15.4 Å². The summed E-state index contributed by atoms with van der Waals surface area (Å²) >= 11 is 1.51. The number of rotatable bonds is 10. The fourth-order valence-electron chi connectivity index (χ4n) is 3.09. The van der Waals surface area contributed by atoms with Crippen molar-refractivity contribution >= 4 is 34.9 Å². The van der Waals surface area contributed by atoms with E-state index in [0.717, 1.165) is 24.3 Å². The van der Waals surface area contributed by atoms with Gasteiger partial charge in [-0.05, 0) is 31.2 Å². The Hall–Kier alpha value is -2.72. The van der Waals surface area contributed by atoms with Gasteiger partial charge in [0.05, 0.1) is 19.2 Å². The highest BCUT2D eigenvalue weighted by Gasteiger charge is 2.21. The van der Waals surface area contributed by atoms with Crippen LogP contribution in [0.1, 0.15) is 36.3 Å². The zero-order chi connectivity index (χ0) is 21.3. The second-order valence-corrected chi connectivity index (χ2v) is 8.17. The van der Waals surface area contributed by atoms with Crippen molar-refractivity contribution in [2.75, 3.05) is 25.0 Å². The third-order valence-electron chi connectivity index (χ3n) is 4.63. The number of anilines is 1. The van der Waals surface area contributed by atoms with Gasteiger partial charge in [0.1, 0.15) is 5.76 Å². The second kappa shape index (κ2) is 10.9. The van der Waals surface area contributed by atoms with Gasteiger partial charge in [-0.15, -0.1) is 11.3 Å². The summed E-state index contributed by atoms with van der Waals surface area (Å²) in [6, 6.07) is 5.41. The maximum atomic E-state index is 12.7. The largest absolute Gasteiger partial charge is 0.376 e. The Labute approximate surface area is 178 Å². The van der Waals surface area contributed by atoms with E-state index in [-0.39, 0.29) is 43.2 Å². The molecule has 30 heavy (non-hydrogen) atoms. The molecule has 1 saturated heterocycles. The second-order valence-electron chi connectivity index (χ2n) is 7.14. The quantitative estimate of drug-likeness (QED) is 0.592. The minimum absolute atomic E-state index is 0.00689. The van der Waals surface area contributed by atoms with Crippen LogP contribution in [0.25, 0.3) is 0 Å². The Kier molecular flexibility index (Phi) is 7.97. The normalized spacial score (nSPS) is 15.7. The summed E-state index contributed by atoms with van der Waals surface area (Å²) in [6.07, 6.45) is 1.95. The molecular formula is C20H26N4O5S. The van der Waals surface area contributed by atoms with Crippen molar-refractivity contribution in [3.8, 4) is 0 Å². The van der Waals surface area contributed by atoms with Gasteiger partial charge in [-0.2, -0.15) is 0 Å². The standard InChI is InChI=1S/C20H26N4O5S/c1-14-10-17(23-29-14)22-18(25)6-7-20(27)24(12-16-5-3-9-30-16)13-19(26)21-11-15-4-2-8-28-15/h3,5,9-10,15H,2,4,6-8,11-13H2,1H3,(H,21,26)(H,22,23,25)/t15-/m1/s1. The Bertz CT molecular complexity index is 845. The van der Waals surface area contributed by atoms with E-state index in [2.05, 4.69) is 15.8 Å². The van der Waals surface area contributed by atoms with Crippen LogP contribution >= 0.6 is 11.3 Å². The molecule has 162 valence electrons. The third kappa shape index (κ3) is 6.96. The van der Waals surface area contributed by atoms with Crippen molar-refractivity contribution in [3.63, 3.8) is 0 Å². The topological polar surface area (TPSA) is 114 Å². The molecule has 3 heterocycles. The van der Waals surface area contributed by atoms with Gasteiger partial charge in [0.25, 0.3) is 0 Å². The van der Waals surface area contributed by atoms with Crippen molar-refractivity contribution in [3.05, 3.63) is 34.2 Å². The van der Waals surface area contributed by atoms with Gasteiger partial charge < -0.3 is 24.8 Å². The number of amides is 3. The fraction of sp³-hybridized carbons (Fsp3) is 0.500. The van der Waals surface area contributed by atoms with Crippen LogP contribution in [0.2, 0.25) is 0 Å². The Morgan fingerprint density at radius 3 is 2.83 bits per heavy atom. The van der Waals surface area contributed by atoms with Crippen molar-refractivity contribution in [1.29, 1.82) is 0 Å². The van der Waals surface area contributed by atoms with E-state index in [1.807, 2.05) is 17.5 Å². The van der Waals surface area contributed by atoms with Gasteiger partial charge in [-0.1, -0.05) is 11.2 Å². The Balaban J connectivity index is 1.50. The molecule has 1 fully saturated rings. The number of aromatic nitrogens is 1. The van der Waals surface area contributed by atoms with Crippen LogP contribution in [-0.2, 0) is 25.7 Å². The summed E-state index contributed by atoms with van der Waals surface area (Å²) in [4.78, 5) is 39.6. The first-order valence-electron chi connectivity index (χ1n) is 9.91. The molecule has 10 heteroatoms. The summed E-state index contributed by atoms with van der Waals surface area (Å²) in [7, 11) is 0. The first-order valence-corrected chi connectivity index (χ1v) is 10.8. The number of aryl methyl sites for hydroxylation is 1. The van der Waals surface area contributed by atoms with Crippen LogP contribution in [0, 0.1) is 6.92 Å². The predicted molar refractivity (Wildman–Crippen MR) is 111 cm³/mol. The SMILES string of the molecule is Cc1cc(NC(=O)CCC(=O)N(CC(=O)NC[C@H]2CCCO2)Cc2cccs2)no1. The van der Waals surface area contributed by atoms with Crippen LogP contribution in [-0.4, -0.2) is 53.6 Å². The van der Waals surface area contributed by atoms with E-state index in [1.54, 1.807) is 13.0 Å². The van der Waals surface area contributed by atoms with Gasteiger partial charge in [0.15, 0.2) is 5.82 Å². The van der Waals surface area contributed by atoms with Crippen molar-refractivity contribution in [2.24, 2.45) is 0 Å². The molecule has 0 bridgehead atoms. The molecule has 0 saturated carbocycles. The van der Waals surface area contributed by atoms with Crippen LogP contribution in [0.15, 0.2) is 28.1 Å². The summed E-state index contributed by atoms with van der Waals surface area (Å²) in [5, 5.41) is 11.0. The number of carbonyl (C=O) groups is 3. The molecule has 1 aliphatic heterocycles. The minimum Gasteiger partial charge on any atom is -0.376 e. The number of thiophene rings is 1. The molecule has 0 aliphatic carbocycles. The average Bonchev–Trinajstić information content (AvgIpc) is 3.48. The first-order chi connectivity index (χ1) is 14.5. The first kappa shape index (κ1) is 22.0. The monoisotopic (exact) mass is 434 g/mol.